The summed E-state index contributed by atoms with van der Waals surface area (Å²) in [4.78, 5) is 0. The summed E-state index contributed by atoms with van der Waals surface area (Å²) in [6, 6.07) is 5.69. The van der Waals surface area contributed by atoms with Crippen molar-refractivity contribution in [2.24, 2.45) is 11.7 Å². The predicted octanol–water partition coefficient (Wildman–Crippen LogP) is 5.22. The lowest BCUT2D eigenvalue weighted by Gasteiger charge is -2.29. The van der Waals surface area contributed by atoms with E-state index in [2.05, 4.69) is 6.92 Å². The molecular weight excluding hydrogens is 277 g/mol. The van der Waals surface area contributed by atoms with Gasteiger partial charge < -0.3 is 5.73 Å². The third kappa shape index (κ3) is 3.87. The first kappa shape index (κ1) is 15.2. The summed E-state index contributed by atoms with van der Waals surface area (Å²) in [7, 11) is 0. The van der Waals surface area contributed by atoms with E-state index in [1.165, 1.54) is 25.7 Å². The van der Waals surface area contributed by atoms with Crippen LogP contribution >= 0.6 is 23.2 Å². The van der Waals surface area contributed by atoms with Crippen LogP contribution in [0.25, 0.3) is 0 Å². The van der Waals surface area contributed by atoms with Gasteiger partial charge in [-0.05, 0) is 49.3 Å². The highest BCUT2D eigenvalue weighted by Gasteiger charge is 2.30. The van der Waals surface area contributed by atoms with Gasteiger partial charge in [0.1, 0.15) is 0 Å². The number of nitrogens with two attached hydrogens (primary N) is 1. The first-order chi connectivity index (χ1) is 9.04. The highest BCUT2D eigenvalue weighted by molar-refractivity contribution is 6.36. The standard InChI is InChI=1S/C16H23Cl2N/c1-2-12-5-4-9-16(19,10-8-12)11-13-14(17)6-3-7-15(13)18/h3,6-7,12H,2,4-5,8-11,19H2,1H3. The maximum Gasteiger partial charge on any atom is 0.0453 e. The number of halogens is 2. The van der Waals surface area contributed by atoms with Gasteiger partial charge in [-0.15, -0.1) is 0 Å². The van der Waals surface area contributed by atoms with Gasteiger partial charge in [-0.3, -0.25) is 0 Å². The number of rotatable bonds is 3. The van der Waals surface area contributed by atoms with Crippen LogP contribution in [0, 0.1) is 5.92 Å². The molecule has 0 aliphatic heterocycles. The van der Waals surface area contributed by atoms with Crippen LogP contribution < -0.4 is 5.73 Å². The Morgan fingerprint density at radius 2 is 1.89 bits per heavy atom. The van der Waals surface area contributed by atoms with E-state index in [0.29, 0.717) is 0 Å². The van der Waals surface area contributed by atoms with Crippen molar-refractivity contribution >= 4 is 23.2 Å². The molecule has 19 heavy (non-hydrogen) atoms. The van der Waals surface area contributed by atoms with Gasteiger partial charge in [0, 0.05) is 15.6 Å². The number of hydrogen-bond donors (Lipinski definition) is 1. The molecule has 2 N–H and O–H groups in total. The second-order valence-corrected chi connectivity index (χ2v) is 6.76. The summed E-state index contributed by atoms with van der Waals surface area (Å²) in [5, 5.41) is 1.49. The van der Waals surface area contributed by atoms with E-state index in [4.69, 9.17) is 28.9 Å². The minimum atomic E-state index is -0.140. The van der Waals surface area contributed by atoms with E-state index >= 15 is 0 Å². The van der Waals surface area contributed by atoms with Crippen molar-refractivity contribution in [3.8, 4) is 0 Å². The van der Waals surface area contributed by atoms with Crippen LogP contribution in [0.2, 0.25) is 10.0 Å². The van der Waals surface area contributed by atoms with Crippen LogP contribution in [0.5, 0.6) is 0 Å². The lowest BCUT2D eigenvalue weighted by atomic mass is 9.84. The summed E-state index contributed by atoms with van der Waals surface area (Å²) in [6.07, 6.45) is 7.97. The topological polar surface area (TPSA) is 26.0 Å². The summed E-state index contributed by atoms with van der Waals surface area (Å²) >= 11 is 12.5. The molecule has 0 saturated heterocycles. The van der Waals surface area contributed by atoms with Crippen molar-refractivity contribution in [1.29, 1.82) is 0 Å². The Hall–Kier alpha value is -0.240. The lowest BCUT2D eigenvalue weighted by Crippen LogP contribution is -2.41. The second-order valence-electron chi connectivity index (χ2n) is 5.94. The molecule has 2 rings (SSSR count). The number of hydrogen-bond acceptors (Lipinski definition) is 1. The molecule has 1 nitrogen and oxygen atoms in total. The molecule has 1 fully saturated rings. The van der Waals surface area contributed by atoms with Crippen LogP contribution in [0.1, 0.15) is 51.0 Å². The van der Waals surface area contributed by atoms with E-state index in [1.807, 2.05) is 18.2 Å². The van der Waals surface area contributed by atoms with Crippen LogP contribution in [-0.4, -0.2) is 5.54 Å². The van der Waals surface area contributed by atoms with E-state index in [0.717, 1.165) is 40.8 Å². The molecular formula is C16H23Cl2N. The molecule has 0 heterocycles. The van der Waals surface area contributed by atoms with Gasteiger partial charge in [0.2, 0.25) is 0 Å². The van der Waals surface area contributed by atoms with Gasteiger partial charge in [-0.25, -0.2) is 0 Å². The predicted molar refractivity (Wildman–Crippen MR) is 84.0 cm³/mol. The Balaban J connectivity index is 2.12. The minimum Gasteiger partial charge on any atom is -0.325 e. The molecule has 1 aliphatic rings. The largest absolute Gasteiger partial charge is 0.325 e. The van der Waals surface area contributed by atoms with E-state index in [-0.39, 0.29) is 5.54 Å². The fourth-order valence-corrected chi connectivity index (χ4v) is 3.67. The van der Waals surface area contributed by atoms with E-state index in [1.54, 1.807) is 0 Å². The summed E-state index contributed by atoms with van der Waals surface area (Å²) in [6.45, 7) is 2.28. The van der Waals surface area contributed by atoms with Gasteiger partial charge in [0.05, 0.1) is 0 Å². The fourth-order valence-electron chi connectivity index (χ4n) is 3.14. The summed E-state index contributed by atoms with van der Waals surface area (Å²) in [5.41, 5.74) is 7.51. The van der Waals surface area contributed by atoms with E-state index < -0.39 is 0 Å². The fraction of sp³-hybridized carbons (Fsp3) is 0.625. The maximum atomic E-state index is 6.63. The number of benzene rings is 1. The molecule has 0 radical (unpaired) electrons. The Kier molecular flexibility index (Phi) is 5.16. The molecule has 3 heteroatoms. The van der Waals surface area contributed by atoms with Crippen molar-refractivity contribution in [1.82, 2.24) is 0 Å². The van der Waals surface area contributed by atoms with Gasteiger partial charge in [0.15, 0.2) is 0 Å². The summed E-state index contributed by atoms with van der Waals surface area (Å²) in [5.74, 6) is 0.840. The Morgan fingerprint density at radius 1 is 1.21 bits per heavy atom. The van der Waals surface area contributed by atoms with Gasteiger partial charge in [-0.1, -0.05) is 55.5 Å². The van der Waals surface area contributed by atoms with Crippen LogP contribution in [0.4, 0.5) is 0 Å². The van der Waals surface area contributed by atoms with Crippen LogP contribution in [-0.2, 0) is 6.42 Å². The molecule has 0 spiro atoms. The molecule has 106 valence electrons. The minimum absolute atomic E-state index is 0.140. The molecule has 1 aromatic rings. The maximum absolute atomic E-state index is 6.63. The summed E-state index contributed by atoms with van der Waals surface area (Å²) < 4.78 is 0. The molecule has 2 unspecified atom stereocenters. The molecule has 0 bridgehead atoms. The van der Waals surface area contributed by atoms with Gasteiger partial charge in [-0.2, -0.15) is 0 Å². The third-order valence-corrected chi connectivity index (χ3v) is 5.21. The molecule has 0 amide bonds. The molecule has 2 atom stereocenters. The molecule has 1 aromatic carbocycles. The average Bonchev–Trinajstić information content (AvgIpc) is 2.56. The van der Waals surface area contributed by atoms with Crippen molar-refractivity contribution in [2.45, 2.75) is 57.4 Å². The van der Waals surface area contributed by atoms with Crippen molar-refractivity contribution in [2.75, 3.05) is 0 Å². The van der Waals surface area contributed by atoms with Crippen LogP contribution in [0.15, 0.2) is 18.2 Å². The SMILES string of the molecule is CCC1CCCC(N)(Cc2c(Cl)cccc2Cl)CC1. The molecule has 1 saturated carbocycles. The second kappa shape index (κ2) is 6.47. The molecule has 1 aliphatic carbocycles. The first-order valence-electron chi connectivity index (χ1n) is 7.26. The Bertz CT molecular complexity index is 413. The van der Waals surface area contributed by atoms with Crippen molar-refractivity contribution in [3.63, 3.8) is 0 Å². The van der Waals surface area contributed by atoms with E-state index in [9.17, 15) is 0 Å². The van der Waals surface area contributed by atoms with Crippen LogP contribution in [0.3, 0.4) is 0 Å². The quantitative estimate of drug-likeness (QED) is 0.761. The first-order valence-corrected chi connectivity index (χ1v) is 8.01. The average molecular weight is 300 g/mol. The molecule has 0 aromatic heterocycles. The highest BCUT2D eigenvalue weighted by atomic mass is 35.5. The zero-order valence-corrected chi connectivity index (χ0v) is 13.1. The smallest absolute Gasteiger partial charge is 0.0453 e. The zero-order chi connectivity index (χ0) is 13.9. The Labute approximate surface area is 126 Å². The monoisotopic (exact) mass is 299 g/mol. The normalized spacial score (nSPS) is 28.1. The van der Waals surface area contributed by atoms with Crippen molar-refractivity contribution in [3.05, 3.63) is 33.8 Å². The van der Waals surface area contributed by atoms with Gasteiger partial charge >= 0.3 is 0 Å². The lowest BCUT2D eigenvalue weighted by molar-refractivity contribution is 0.358. The highest BCUT2D eigenvalue weighted by Crippen LogP contribution is 2.35. The zero-order valence-electron chi connectivity index (χ0n) is 11.6. The van der Waals surface area contributed by atoms with Gasteiger partial charge in [0.25, 0.3) is 0 Å². The third-order valence-electron chi connectivity index (χ3n) is 4.51. The Morgan fingerprint density at radius 3 is 2.53 bits per heavy atom. The van der Waals surface area contributed by atoms with Crippen molar-refractivity contribution < 1.29 is 0 Å².